The number of anilines is 1. The van der Waals surface area contributed by atoms with Crippen LogP contribution in [0, 0.1) is 0 Å². The fourth-order valence-electron chi connectivity index (χ4n) is 2.69. The molecule has 3 rings (SSSR count). The van der Waals surface area contributed by atoms with E-state index in [1.54, 1.807) is 12.0 Å². The molecule has 6 heteroatoms. The summed E-state index contributed by atoms with van der Waals surface area (Å²) >= 11 is 6.74. The summed E-state index contributed by atoms with van der Waals surface area (Å²) in [4.78, 5) is 17.0. The van der Waals surface area contributed by atoms with Crippen LogP contribution in [0.1, 0.15) is 11.1 Å². The molecule has 0 radical (unpaired) electrons. The van der Waals surface area contributed by atoms with E-state index in [9.17, 15) is 4.79 Å². The minimum absolute atomic E-state index is 0.0570. The molecular weight excluding hydrogens is 388 g/mol. The first-order chi connectivity index (χ1) is 13.5. The number of carbonyl (C=O) groups excluding carboxylic acids is 1. The summed E-state index contributed by atoms with van der Waals surface area (Å²) in [5.41, 5.74) is 3.24. The van der Waals surface area contributed by atoms with Crippen LogP contribution in [0.25, 0.3) is 6.08 Å². The molecule has 1 fully saturated rings. The van der Waals surface area contributed by atoms with Crippen molar-refractivity contribution in [1.29, 1.82) is 0 Å². The molecule has 1 aliphatic heterocycles. The zero-order valence-corrected chi connectivity index (χ0v) is 17.7. The molecule has 0 aromatic heterocycles. The minimum atomic E-state index is -0.0570. The average Bonchev–Trinajstić information content (AvgIpc) is 2.96. The Kier molecular flexibility index (Phi) is 6.54. The Labute approximate surface area is 175 Å². The van der Waals surface area contributed by atoms with Crippen LogP contribution in [0.4, 0.5) is 5.69 Å². The van der Waals surface area contributed by atoms with Gasteiger partial charge in [0.2, 0.25) is 0 Å². The monoisotopic (exact) mass is 410 g/mol. The second-order valence-electron chi connectivity index (χ2n) is 6.48. The number of allylic oxidation sites excluding steroid dienone is 2. The van der Waals surface area contributed by atoms with Gasteiger partial charge in [-0.05, 0) is 41.5 Å². The van der Waals surface area contributed by atoms with Crippen molar-refractivity contribution < 1.29 is 9.53 Å². The summed E-state index contributed by atoms with van der Waals surface area (Å²) in [5.74, 6) is 0.733. The number of amides is 1. The first-order valence-electron chi connectivity index (χ1n) is 8.80. The number of rotatable bonds is 6. The van der Waals surface area contributed by atoms with Crippen molar-refractivity contribution in [3.63, 3.8) is 0 Å². The number of hydrogen-bond donors (Lipinski definition) is 0. The number of carbonyl (C=O) groups is 1. The Morgan fingerprint density at radius 2 is 1.79 bits per heavy atom. The van der Waals surface area contributed by atoms with E-state index in [1.807, 2.05) is 56.6 Å². The molecule has 144 valence electrons. The van der Waals surface area contributed by atoms with Crippen LogP contribution >= 0.6 is 24.0 Å². The smallest absolute Gasteiger partial charge is 0.266 e. The molecule has 0 bridgehead atoms. The molecule has 28 heavy (non-hydrogen) atoms. The third kappa shape index (κ3) is 4.82. The standard InChI is InChI=1S/C22H22N2O2S2/c1-23(2)18-11-7-16(8-12-18)5-4-6-20-21(25)24(22(27)28-20)15-17-9-13-19(26-3)14-10-17/h4-14H,15H2,1-3H3. The Morgan fingerprint density at radius 3 is 2.39 bits per heavy atom. The first kappa shape index (κ1) is 20.2. The van der Waals surface area contributed by atoms with E-state index in [4.69, 9.17) is 17.0 Å². The van der Waals surface area contributed by atoms with Gasteiger partial charge in [-0.1, -0.05) is 60.4 Å². The van der Waals surface area contributed by atoms with Gasteiger partial charge in [0.1, 0.15) is 10.1 Å². The number of thiocarbonyl (C=S) groups is 1. The van der Waals surface area contributed by atoms with Crippen LogP contribution < -0.4 is 9.64 Å². The van der Waals surface area contributed by atoms with Gasteiger partial charge < -0.3 is 9.64 Å². The normalized spacial score (nSPS) is 15.7. The van der Waals surface area contributed by atoms with Crippen LogP contribution in [0.15, 0.2) is 65.6 Å². The number of hydrogen-bond acceptors (Lipinski definition) is 5. The van der Waals surface area contributed by atoms with Gasteiger partial charge in [-0.25, -0.2) is 0 Å². The maximum absolute atomic E-state index is 12.7. The molecule has 0 spiro atoms. The number of benzene rings is 2. The van der Waals surface area contributed by atoms with Crippen molar-refractivity contribution in [1.82, 2.24) is 4.90 Å². The predicted octanol–water partition coefficient (Wildman–Crippen LogP) is 4.72. The third-order valence-corrected chi connectivity index (χ3v) is 5.72. The van der Waals surface area contributed by atoms with Crippen molar-refractivity contribution in [2.24, 2.45) is 0 Å². The molecule has 2 aromatic carbocycles. The molecule has 0 N–H and O–H groups in total. The number of nitrogens with zero attached hydrogens (tertiary/aromatic N) is 2. The van der Waals surface area contributed by atoms with Crippen molar-refractivity contribution in [3.05, 3.63) is 76.7 Å². The lowest BCUT2D eigenvalue weighted by Gasteiger charge is -2.14. The van der Waals surface area contributed by atoms with E-state index in [0.29, 0.717) is 15.8 Å². The van der Waals surface area contributed by atoms with Gasteiger partial charge in [-0.3, -0.25) is 9.69 Å². The molecule has 2 aromatic rings. The fourth-order valence-corrected chi connectivity index (χ4v) is 3.90. The van der Waals surface area contributed by atoms with Crippen LogP contribution in [-0.4, -0.2) is 36.3 Å². The van der Waals surface area contributed by atoms with Crippen LogP contribution in [0.3, 0.4) is 0 Å². The summed E-state index contributed by atoms with van der Waals surface area (Å²) < 4.78 is 5.75. The Balaban J connectivity index is 1.66. The molecule has 1 amide bonds. The van der Waals surface area contributed by atoms with Crippen LogP contribution in [0.5, 0.6) is 5.75 Å². The van der Waals surface area contributed by atoms with Gasteiger partial charge in [0, 0.05) is 19.8 Å². The second kappa shape index (κ2) is 9.08. The van der Waals surface area contributed by atoms with Crippen LogP contribution in [-0.2, 0) is 11.3 Å². The van der Waals surface area contributed by atoms with Crippen molar-refractivity contribution in [2.45, 2.75) is 6.54 Å². The summed E-state index contributed by atoms with van der Waals surface area (Å²) in [6, 6.07) is 15.9. The predicted molar refractivity (Wildman–Crippen MR) is 122 cm³/mol. The van der Waals surface area contributed by atoms with Gasteiger partial charge in [0.15, 0.2) is 0 Å². The lowest BCUT2D eigenvalue weighted by Crippen LogP contribution is -2.27. The number of thioether (sulfide) groups is 1. The molecular formula is C22H22N2O2S2. The van der Waals surface area contributed by atoms with E-state index in [-0.39, 0.29) is 5.91 Å². The van der Waals surface area contributed by atoms with Crippen molar-refractivity contribution in [2.75, 3.05) is 26.1 Å². The average molecular weight is 411 g/mol. The zero-order valence-electron chi connectivity index (χ0n) is 16.1. The maximum Gasteiger partial charge on any atom is 0.266 e. The Bertz CT molecular complexity index is 917. The quantitative estimate of drug-likeness (QED) is 0.508. The summed E-state index contributed by atoms with van der Waals surface area (Å²) in [6.07, 6.45) is 5.70. The molecule has 0 unspecified atom stereocenters. The van der Waals surface area contributed by atoms with E-state index >= 15 is 0 Å². The highest BCUT2D eigenvalue weighted by Crippen LogP contribution is 2.32. The molecule has 0 aliphatic carbocycles. The van der Waals surface area contributed by atoms with Crippen molar-refractivity contribution >= 4 is 46.0 Å². The van der Waals surface area contributed by atoms with Gasteiger partial charge in [0.05, 0.1) is 18.6 Å². The van der Waals surface area contributed by atoms with E-state index in [2.05, 4.69) is 29.2 Å². The Morgan fingerprint density at radius 1 is 1.11 bits per heavy atom. The molecule has 0 atom stereocenters. The Hall–Kier alpha value is -2.57. The number of methoxy groups -OCH3 is 1. The van der Waals surface area contributed by atoms with Gasteiger partial charge >= 0.3 is 0 Å². The lowest BCUT2D eigenvalue weighted by atomic mass is 10.2. The van der Waals surface area contributed by atoms with Gasteiger partial charge in [-0.15, -0.1) is 0 Å². The SMILES string of the molecule is COc1ccc(CN2C(=O)C(=CC=Cc3ccc(N(C)C)cc3)SC2=S)cc1. The molecule has 1 heterocycles. The molecule has 1 aliphatic rings. The molecule has 0 saturated carbocycles. The van der Waals surface area contributed by atoms with E-state index in [0.717, 1.165) is 22.6 Å². The topological polar surface area (TPSA) is 32.8 Å². The highest BCUT2D eigenvalue weighted by atomic mass is 32.2. The molecule has 4 nitrogen and oxygen atoms in total. The van der Waals surface area contributed by atoms with E-state index in [1.165, 1.54) is 11.8 Å². The van der Waals surface area contributed by atoms with Gasteiger partial charge in [-0.2, -0.15) is 0 Å². The summed E-state index contributed by atoms with van der Waals surface area (Å²) in [5, 5.41) is 0. The first-order valence-corrected chi connectivity index (χ1v) is 10.0. The zero-order chi connectivity index (χ0) is 20.1. The van der Waals surface area contributed by atoms with Crippen molar-refractivity contribution in [3.8, 4) is 5.75 Å². The number of ether oxygens (including phenoxy) is 1. The molecule has 1 saturated heterocycles. The van der Waals surface area contributed by atoms with E-state index < -0.39 is 0 Å². The van der Waals surface area contributed by atoms with Gasteiger partial charge in [0.25, 0.3) is 5.91 Å². The van der Waals surface area contributed by atoms with Crippen LogP contribution in [0.2, 0.25) is 0 Å². The second-order valence-corrected chi connectivity index (χ2v) is 8.16. The highest BCUT2D eigenvalue weighted by molar-refractivity contribution is 8.26. The largest absolute Gasteiger partial charge is 0.497 e. The third-order valence-electron chi connectivity index (χ3n) is 4.32. The fraction of sp³-hybridized carbons (Fsp3) is 0.182. The minimum Gasteiger partial charge on any atom is -0.497 e. The summed E-state index contributed by atoms with van der Waals surface area (Å²) in [6.45, 7) is 0.460. The maximum atomic E-state index is 12.7. The summed E-state index contributed by atoms with van der Waals surface area (Å²) in [7, 11) is 5.66. The lowest BCUT2D eigenvalue weighted by molar-refractivity contribution is -0.122. The highest BCUT2D eigenvalue weighted by Gasteiger charge is 2.31.